The third-order valence-corrected chi connectivity index (χ3v) is 4.01. The van der Waals surface area contributed by atoms with E-state index in [0.29, 0.717) is 17.9 Å². The summed E-state index contributed by atoms with van der Waals surface area (Å²) in [4.78, 5) is 11.2. The summed E-state index contributed by atoms with van der Waals surface area (Å²) in [7, 11) is 1.63. The van der Waals surface area contributed by atoms with Gasteiger partial charge in [0.05, 0.1) is 7.11 Å². The van der Waals surface area contributed by atoms with E-state index in [-0.39, 0.29) is 5.63 Å². The molecule has 3 aromatic rings. The zero-order chi connectivity index (χ0) is 15.5. The van der Waals surface area contributed by atoms with Gasteiger partial charge in [0.2, 0.25) is 0 Å². The highest BCUT2D eigenvalue weighted by molar-refractivity contribution is 9.10. The Bertz CT molecular complexity index is 870. The van der Waals surface area contributed by atoms with Crippen LogP contribution in [0, 0.1) is 0 Å². The molecule has 1 heterocycles. The van der Waals surface area contributed by atoms with E-state index < -0.39 is 0 Å². The average Bonchev–Trinajstić information content (AvgIpc) is 2.54. The fourth-order valence-electron chi connectivity index (χ4n) is 2.09. The van der Waals surface area contributed by atoms with Gasteiger partial charge in [-0.15, -0.1) is 0 Å². The number of methoxy groups -OCH3 is 1. The van der Waals surface area contributed by atoms with Crippen molar-refractivity contribution in [3.8, 4) is 11.5 Å². The maximum atomic E-state index is 11.2. The van der Waals surface area contributed by atoms with E-state index in [0.717, 1.165) is 21.2 Å². The molecule has 4 nitrogen and oxygen atoms in total. The van der Waals surface area contributed by atoms with Gasteiger partial charge in [0.25, 0.3) is 0 Å². The van der Waals surface area contributed by atoms with Crippen molar-refractivity contribution in [1.29, 1.82) is 0 Å². The molecule has 0 radical (unpaired) electrons. The Labute approximate surface area is 135 Å². The first-order valence-corrected chi connectivity index (χ1v) is 7.44. The van der Waals surface area contributed by atoms with Gasteiger partial charge in [-0.05, 0) is 42.5 Å². The molecule has 0 aliphatic heterocycles. The van der Waals surface area contributed by atoms with Crippen molar-refractivity contribution in [3.63, 3.8) is 0 Å². The van der Waals surface area contributed by atoms with Crippen LogP contribution in [-0.2, 0) is 6.61 Å². The zero-order valence-electron chi connectivity index (χ0n) is 11.8. The van der Waals surface area contributed by atoms with Crippen LogP contribution in [0.3, 0.4) is 0 Å². The normalized spacial score (nSPS) is 10.6. The van der Waals surface area contributed by atoms with Crippen molar-refractivity contribution < 1.29 is 13.9 Å². The Kier molecular flexibility index (Phi) is 4.15. The Morgan fingerprint density at radius 3 is 2.68 bits per heavy atom. The molecule has 0 fully saturated rings. The highest BCUT2D eigenvalue weighted by Gasteiger charge is 2.05. The highest BCUT2D eigenvalue weighted by Crippen LogP contribution is 2.25. The summed E-state index contributed by atoms with van der Waals surface area (Å²) in [5.74, 6) is 1.48. The van der Waals surface area contributed by atoms with Crippen LogP contribution in [0.1, 0.15) is 5.56 Å². The molecular weight excluding hydrogens is 348 g/mol. The van der Waals surface area contributed by atoms with Crippen LogP contribution in [0.4, 0.5) is 0 Å². The molecule has 0 saturated heterocycles. The van der Waals surface area contributed by atoms with Gasteiger partial charge in [-0.2, -0.15) is 0 Å². The van der Waals surface area contributed by atoms with Gasteiger partial charge in [0.1, 0.15) is 23.7 Å². The Balaban J connectivity index is 1.82. The lowest BCUT2D eigenvalue weighted by molar-refractivity contribution is 0.304. The minimum atomic E-state index is -0.360. The topological polar surface area (TPSA) is 48.7 Å². The van der Waals surface area contributed by atoms with E-state index in [1.54, 1.807) is 25.3 Å². The molecular formula is C17H13BrO4. The molecule has 112 valence electrons. The van der Waals surface area contributed by atoms with E-state index in [1.165, 1.54) is 6.07 Å². The van der Waals surface area contributed by atoms with Crippen LogP contribution >= 0.6 is 15.9 Å². The molecule has 0 bridgehead atoms. The molecule has 0 aliphatic rings. The second-order valence-electron chi connectivity index (χ2n) is 4.70. The number of fused-ring (bicyclic) bond motifs is 1. The van der Waals surface area contributed by atoms with E-state index in [4.69, 9.17) is 13.9 Å². The lowest BCUT2D eigenvalue weighted by Crippen LogP contribution is -1.98. The lowest BCUT2D eigenvalue weighted by Gasteiger charge is -2.10. The van der Waals surface area contributed by atoms with Crippen LogP contribution in [0.25, 0.3) is 11.0 Å². The Morgan fingerprint density at radius 2 is 1.86 bits per heavy atom. The first-order chi connectivity index (χ1) is 10.7. The molecule has 0 N–H and O–H groups in total. The molecule has 3 rings (SSSR count). The third kappa shape index (κ3) is 3.14. The Hall–Kier alpha value is -2.27. The summed E-state index contributed by atoms with van der Waals surface area (Å²) in [5, 5.41) is 0.821. The van der Waals surface area contributed by atoms with Crippen molar-refractivity contribution in [1.82, 2.24) is 0 Å². The second kappa shape index (κ2) is 6.23. The molecule has 5 heteroatoms. The molecule has 0 atom stereocenters. The predicted molar refractivity (Wildman–Crippen MR) is 87.5 cm³/mol. The van der Waals surface area contributed by atoms with Crippen molar-refractivity contribution in [2.75, 3.05) is 7.11 Å². The number of hydrogen-bond donors (Lipinski definition) is 0. The molecule has 1 aromatic heterocycles. The van der Waals surface area contributed by atoms with Crippen LogP contribution in [0.2, 0.25) is 0 Å². The largest absolute Gasteiger partial charge is 0.497 e. The minimum Gasteiger partial charge on any atom is -0.497 e. The lowest BCUT2D eigenvalue weighted by atomic mass is 10.2. The summed E-state index contributed by atoms with van der Waals surface area (Å²) >= 11 is 3.50. The third-order valence-electron chi connectivity index (χ3n) is 3.24. The summed E-state index contributed by atoms with van der Waals surface area (Å²) in [6.45, 7) is 0.403. The molecule has 22 heavy (non-hydrogen) atoms. The molecule has 0 aliphatic carbocycles. The summed E-state index contributed by atoms with van der Waals surface area (Å²) in [5.41, 5.74) is 1.17. The van der Waals surface area contributed by atoms with Crippen molar-refractivity contribution in [3.05, 3.63) is 69.0 Å². The van der Waals surface area contributed by atoms with Crippen LogP contribution in [-0.4, -0.2) is 7.11 Å². The average molecular weight is 361 g/mol. The number of hydrogen-bond acceptors (Lipinski definition) is 4. The molecule has 0 saturated carbocycles. The number of benzene rings is 2. The van der Waals surface area contributed by atoms with Gasteiger partial charge < -0.3 is 13.9 Å². The van der Waals surface area contributed by atoms with Crippen LogP contribution < -0.4 is 15.1 Å². The van der Waals surface area contributed by atoms with Crippen molar-refractivity contribution in [2.45, 2.75) is 6.61 Å². The number of ether oxygens (including phenoxy) is 2. The summed E-state index contributed by atoms with van der Waals surface area (Å²) in [6.07, 6.45) is 0. The van der Waals surface area contributed by atoms with Gasteiger partial charge in [0, 0.05) is 21.5 Å². The zero-order valence-corrected chi connectivity index (χ0v) is 13.4. The standard InChI is InChI=1S/C17H13BrO4/c1-20-13-3-5-15(18)12(9-13)10-21-14-4-6-16-11(8-14)2-7-17(19)22-16/h2-9H,10H2,1H3. The summed E-state index contributed by atoms with van der Waals surface area (Å²) < 4.78 is 17.1. The van der Waals surface area contributed by atoms with E-state index in [9.17, 15) is 4.79 Å². The maximum absolute atomic E-state index is 11.2. The highest BCUT2D eigenvalue weighted by atomic mass is 79.9. The second-order valence-corrected chi connectivity index (χ2v) is 5.55. The van der Waals surface area contributed by atoms with Crippen LogP contribution in [0.15, 0.2) is 62.2 Å². The summed E-state index contributed by atoms with van der Waals surface area (Å²) in [6, 6.07) is 14.2. The fraction of sp³-hybridized carbons (Fsp3) is 0.118. The van der Waals surface area contributed by atoms with Gasteiger partial charge in [-0.3, -0.25) is 0 Å². The van der Waals surface area contributed by atoms with Gasteiger partial charge in [0.15, 0.2) is 0 Å². The number of halogens is 1. The van der Waals surface area contributed by atoms with Crippen LogP contribution in [0.5, 0.6) is 11.5 Å². The predicted octanol–water partition coefficient (Wildman–Crippen LogP) is 4.14. The fourth-order valence-corrected chi connectivity index (χ4v) is 2.45. The van der Waals surface area contributed by atoms with E-state index in [2.05, 4.69) is 15.9 Å². The SMILES string of the molecule is COc1ccc(Br)c(COc2ccc3oc(=O)ccc3c2)c1. The molecule has 0 amide bonds. The van der Waals surface area contributed by atoms with E-state index in [1.807, 2.05) is 24.3 Å². The molecule has 0 spiro atoms. The molecule has 0 unspecified atom stereocenters. The van der Waals surface area contributed by atoms with Gasteiger partial charge in [-0.25, -0.2) is 4.79 Å². The minimum absolute atomic E-state index is 0.360. The van der Waals surface area contributed by atoms with Gasteiger partial charge >= 0.3 is 5.63 Å². The van der Waals surface area contributed by atoms with E-state index >= 15 is 0 Å². The maximum Gasteiger partial charge on any atom is 0.336 e. The first kappa shape index (κ1) is 14.7. The molecule has 2 aromatic carbocycles. The quantitative estimate of drug-likeness (QED) is 0.656. The first-order valence-electron chi connectivity index (χ1n) is 6.65. The Morgan fingerprint density at radius 1 is 1.05 bits per heavy atom. The monoisotopic (exact) mass is 360 g/mol. The van der Waals surface area contributed by atoms with Gasteiger partial charge in [-0.1, -0.05) is 15.9 Å². The smallest absolute Gasteiger partial charge is 0.336 e. The van der Waals surface area contributed by atoms with Crippen molar-refractivity contribution >= 4 is 26.9 Å². The van der Waals surface area contributed by atoms with Crippen molar-refractivity contribution in [2.24, 2.45) is 0 Å². The number of rotatable bonds is 4.